The van der Waals surface area contributed by atoms with Gasteiger partial charge in [0.1, 0.15) is 17.2 Å². The third-order valence-corrected chi connectivity index (χ3v) is 3.37. The van der Waals surface area contributed by atoms with Crippen LogP contribution in [0, 0.1) is 5.82 Å². The van der Waals surface area contributed by atoms with Gasteiger partial charge < -0.3 is 19.7 Å². The number of anilines is 1. The molecule has 122 valence electrons. The molecule has 22 heavy (non-hydrogen) atoms. The molecule has 1 saturated heterocycles. The molecule has 0 spiro atoms. The molecule has 1 aromatic rings. The lowest BCUT2D eigenvalue weighted by Crippen LogP contribution is -2.36. The average Bonchev–Trinajstić information content (AvgIpc) is 2.88. The van der Waals surface area contributed by atoms with Crippen LogP contribution in [0.15, 0.2) is 18.2 Å². The maximum atomic E-state index is 13.8. The number of ether oxygens (including phenoxy) is 2. The standard InChI is InChI=1S/C16H23FN2O3/c1-16(2,3)22-15(20)19-8-7-11(10-19)18-14-9-12(21-4)5-6-13(14)17/h5-6,9,11,18H,7-8,10H2,1-4H3. The zero-order valence-corrected chi connectivity index (χ0v) is 13.5. The summed E-state index contributed by atoms with van der Waals surface area (Å²) in [4.78, 5) is 13.6. The fourth-order valence-corrected chi connectivity index (χ4v) is 2.33. The Bertz CT molecular complexity index is 543. The molecule has 0 aromatic heterocycles. The van der Waals surface area contributed by atoms with Crippen LogP contribution in [-0.4, -0.2) is 42.8 Å². The maximum Gasteiger partial charge on any atom is 0.410 e. The number of nitrogens with zero attached hydrogens (tertiary/aromatic N) is 1. The molecule has 1 atom stereocenters. The van der Waals surface area contributed by atoms with Crippen LogP contribution in [0.2, 0.25) is 0 Å². The van der Waals surface area contributed by atoms with E-state index in [1.54, 1.807) is 17.0 Å². The number of nitrogens with one attached hydrogen (secondary N) is 1. The number of likely N-dealkylation sites (tertiary alicyclic amines) is 1. The third-order valence-electron chi connectivity index (χ3n) is 3.37. The van der Waals surface area contributed by atoms with Crippen molar-refractivity contribution in [3.8, 4) is 5.75 Å². The van der Waals surface area contributed by atoms with Crippen molar-refractivity contribution in [1.29, 1.82) is 0 Å². The van der Waals surface area contributed by atoms with Gasteiger partial charge in [0, 0.05) is 25.2 Å². The predicted molar refractivity (Wildman–Crippen MR) is 82.8 cm³/mol. The Balaban J connectivity index is 1.95. The van der Waals surface area contributed by atoms with E-state index in [2.05, 4.69) is 5.32 Å². The smallest absolute Gasteiger partial charge is 0.410 e. The molecule has 5 nitrogen and oxygen atoms in total. The van der Waals surface area contributed by atoms with Gasteiger partial charge in [-0.15, -0.1) is 0 Å². The summed E-state index contributed by atoms with van der Waals surface area (Å²) in [5, 5.41) is 3.13. The van der Waals surface area contributed by atoms with Crippen molar-refractivity contribution in [2.24, 2.45) is 0 Å². The zero-order valence-electron chi connectivity index (χ0n) is 13.5. The molecule has 6 heteroatoms. The van der Waals surface area contributed by atoms with Crippen molar-refractivity contribution in [3.63, 3.8) is 0 Å². The van der Waals surface area contributed by atoms with Crippen molar-refractivity contribution in [2.45, 2.75) is 38.8 Å². The van der Waals surface area contributed by atoms with E-state index in [9.17, 15) is 9.18 Å². The summed E-state index contributed by atoms with van der Waals surface area (Å²) >= 11 is 0. The molecular formula is C16H23FN2O3. The van der Waals surface area contributed by atoms with Crippen LogP contribution in [0.3, 0.4) is 0 Å². The molecule has 1 fully saturated rings. The number of hydrogen-bond acceptors (Lipinski definition) is 4. The zero-order chi connectivity index (χ0) is 16.3. The fraction of sp³-hybridized carbons (Fsp3) is 0.562. The lowest BCUT2D eigenvalue weighted by Gasteiger charge is -2.24. The first kappa shape index (κ1) is 16.4. The van der Waals surface area contributed by atoms with E-state index >= 15 is 0 Å². The molecule has 0 aliphatic carbocycles. The highest BCUT2D eigenvalue weighted by Gasteiger charge is 2.30. The minimum absolute atomic E-state index is 0.00544. The van der Waals surface area contributed by atoms with Gasteiger partial charge in [-0.05, 0) is 39.3 Å². The summed E-state index contributed by atoms with van der Waals surface area (Å²) in [5.74, 6) is 0.252. The second-order valence-electron chi connectivity index (χ2n) is 6.40. The largest absolute Gasteiger partial charge is 0.497 e. The molecule has 1 heterocycles. The number of rotatable bonds is 3. The molecule has 0 saturated carbocycles. The van der Waals surface area contributed by atoms with Crippen LogP contribution in [-0.2, 0) is 4.74 Å². The minimum Gasteiger partial charge on any atom is -0.497 e. The number of carbonyl (C=O) groups excluding carboxylic acids is 1. The number of methoxy groups -OCH3 is 1. The summed E-state index contributed by atoms with van der Waals surface area (Å²) in [6.45, 7) is 6.59. The monoisotopic (exact) mass is 310 g/mol. The molecular weight excluding hydrogens is 287 g/mol. The molecule has 1 unspecified atom stereocenters. The Morgan fingerprint density at radius 2 is 2.14 bits per heavy atom. The number of hydrogen-bond donors (Lipinski definition) is 1. The summed E-state index contributed by atoms with van der Waals surface area (Å²) in [7, 11) is 1.54. The molecule has 1 aromatic carbocycles. The highest BCUT2D eigenvalue weighted by Crippen LogP contribution is 2.24. The van der Waals surface area contributed by atoms with Gasteiger partial charge in [-0.3, -0.25) is 0 Å². The Hall–Kier alpha value is -1.98. The average molecular weight is 310 g/mol. The van der Waals surface area contributed by atoms with E-state index in [1.165, 1.54) is 13.2 Å². The molecule has 1 aliphatic rings. The van der Waals surface area contributed by atoms with Crippen molar-refractivity contribution in [3.05, 3.63) is 24.0 Å². The van der Waals surface area contributed by atoms with Crippen molar-refractivity contribution < 1.29 is 18.7 Å². The van der Waals surface area contributed by atoms with Crippen LogP contribution < -0.4 is 10.1 Å². The van der Waals surface area contributed by atoms with E-state index in [0.717, 1.165) is 6.42 Å². The van der Waals surface area contributed by atoms with E-state index in [1.807, 2.05) is 20.8 Å². The lowest BCUT2D eigenvalue weighted by atomic mass is 10.2. The minimum atomic E-state index is -0.512. The van der Waals surface area contributed by atoms with Gasteiger partial charge in [0.05, 0.1) is 12.8 Å². The van der Waals surface area contributed by atoms with Crippen LogP contribution in [0.5, 0.6) is 5.75 Å². The first-order valence-electron chi connectivity index (χ1n) is 7.36. The van der Waals surface area contributed by atoms with Gasteiger partial charge in [-0.2, -0.15) is 0 Å². The highest BCUT2D eigenvalue weighted by molar-refractivity contribution is 5.68. The van der Waals surface area contributed by atoms with Gasteiger partial charge in [0.25, 0.3) is 0 Å². The van der Waals surface area contributed by atoms with E-state index in [4.69, 9.17) is 9.47 Å². The van der Waals surface area contributed by atoms with Crippen molar-refractivity contribution in [1.82, 2.24) is 4.90 Å². The molecule has 1 amide bonds. The SMILES string of the molecule is COc1ccc(F)c(NC2CCN(C(=O)OC(C)(C)C)C2)c1. The molecule has 1 aliphatic heterocycles. The maximum absolute atomic E-state index is 13.8. The first-order chi connectivity index (χ1) is 10.3. The fourth-order valence-electron chi connectivity index (χ4n) is 2.33. The van der Waals surface area contributed by atoms with E-state index < -0.39 is 5.60 Å². The quantitative estimate of drug-likeness (QED) is 0.931. The van der Waals surface area contributed by atoms with Gasteiger partial charge >= 0.3 is 6.09 Å². The van der Waals surface area contributed by atoms with Gasteiger partial charge in [-0.25, -0.2) is 9.18 Å². The number of halogens is 1. The van der Waals surface area contributed by atoms with E-state index in [0.29, 0.717) is 24.5 Å². The Morgan fingerprint density at radius 3 is 2.77 bits per heavy atom. The van der Waals surface area contributed by atoms with Crippen molar-refractivity contribution in [2.75, 3.05) is 25.5 Å². The van der Waals surface area contributed by atoms with Gasteiger partial charge in [0.2, 0.25) is 0 Å². The van der Waals surface area contributed by atoms with E-state index in [-0.39, 0.29) is 18.0 Å². The lowest BCUT2D eigenvalue weighted by molar-refractivity contribution is 0.0293. The second-order valence-corrected chi connectivity index (χ2v) is 6.40. The Labute approximate surface area is 130 Å². The number of amides is 1. The first-order valence-corrected chi connectivity index (χ1v) is 7.36. The van der Waals surface area contributed by atoms with Crippen LogP contribution in [0.25, 0.3) is 0 Å². The molecule has 1 N–H and O–H groups in total. The highest BCUT2D eigenvalue weighted by atomic mass is 19.1. The van der Waals surface area contributed by atoms with Crippen molar-refractivity contribution >= 4 is 11.8 Å². The van der Waals surface area contributed by atoms with Crippen LogP contribution >= 0.6 is 0 Å². The molecule has 0 bridgehead atoms. The number of carbonyl (C=O) groups is 1. The Morgan fingerprint density at radius 1 is 1.41 bits per heavy atom. The molecule has 0 radical (unpaired) electrons. The topological polar surface area (TPSA) is 50.8 Å². The van der Waals surface area contributed by atoms with Crippen LogP contribution in [0.4, 0.5) is 14.9 Å². The number of benzene rings is 1. The molecule has 2 rings (SSSR count). The summed E-state index contributed by atoms with van der Waals surface area (Å²) in [5.41, 5.74) is -0.128. The normalized spacial score (nSPS) is 18.2. The van der Waals surface area contributed by atoms with Crippen LogP contribution in [0.1, 0.15) is 27.2 Å². The van der Waals surface area contributed by atoms with Gasteiger partial charge in [-0.1, -0.05) is 0 Å². The van der Waals surface area contributed by atoms with Gasteiger partial charge in [0.15, 0.2) is 0 Å². The Kier molecular flexibility index (Phi) is 4.78. The summed E-state index contributed by atoms with van der Waals surface area (Å²) < 4.78 is 24.3. The predicted octanol–water partition coefficient (Wildman–Crippen LogP) is 3.26. The third kappa shape index (κ3) is 4.26. The summed E-state index contributed by atoms with van der Waals surface area (Å²) in [6.07, 6.45) is 0.415. The second kappa shape index (κ2) is 6.42. The summed E-state index contributed by atoms with van der Waals surface area (Å²) in [6, 6.07) is 4.55.